The third-order valence-electron chi connectivity index (χ3n) is 4.44. The van der Waals surface area contributed by atoms with Gasteiger partial charge in [0.25, 0.3) is 0 Å². The van der Waals surface area contributed by atoms with Crippen molar-refractivity contribution in [1.82, 2.24) is 10.3 Å². The minimum atomic E-state index is -1.07. The Kier molecular flexibility index (Phi) is 6.46. The molecule has 1 aromatic heterocycles. The van der Waals surface area contributed by atoms with Crippen LogP contribution in [-0.2, 0) is 10.3 Å². The van der Waals surface area contributed by atoms with Gasteiger partial charge >= 0.3 is 12.0 Å². The highest BCUT2D eigenvalue weighted by atomic mass is 16.4. The largest absolute Gasteiger partial charge is 0.481 e. The van der Waals surface area contributed by atoms with Gasteiger partial charge in [-0.15, -0.1) is 0 Å². The van der Waals surface area contributed by atoms with Crippen molar-refractivity contribution in [3.63, 3.8) is 0 Å². The second-order valence-electron chi connectivity index (χ2n) is 6.90. The number of aromatic nitrogens is 1. The molecule has 0 fully saturated rings. The van der Waals surface area contributed by atoms with E-state index in [0.29, 0.717) is 16.9 Å². The molecule has 0 aliphatic carbocycles. The molecule has 0 aliphatic heterocycles. The minimum Gasteiger partial charge on any atom is -0.481 e. The maximum Gasteiger partial charge on any atom is 0.321 e. The van der Waals surface area contributed by atoms with E-state index in [2.05, 4.69) is 27.5 Å². The van der Waals surface area contributed by atoms with Crippen LogP contribution >= 0.6 is 0 Å². The van der Waals surface area contributed by atoms with Crippen LogP contribution in [0.3, 0.4) is 0 Å². The number of pyridine rings is 1. The highest BCUT2D eigenvalue weighted by Gasteiger charge is 2.31. The third kappa shape index (κ3) is 5.69. The first-order valence-electron chi connectivity index (χ1n) is 9.34. The molecule has 2 amide bonds. The van der Waals surface area contributed by atoms with Gasteiger partial charge in [-0.25, -0.2) is 9.78 Å². The van der Waals surface area contributed by atoms with Gasteiger partial charge < -0.3 is 10.4 Å². The molecule has 0 spiro atoms. The Morgan fingerprint density at radius 1 is 0.933 bits per heavy atom. The molecular weight excluding hydrogens is 378 g/mol. The van der Waals surface area contributed by atoms with Crippen molar-refractivity contribution < 1.29 is 14.7 Å². The Morgan fingerprint density at radius 2 is 1.57 bits per heavy atom. The third-order valence-corrected chi connectivity index (χ3v) is 4.44. The highest BCUT2D eigenvalue weighted by Crippen LogP contribution is 2.24. The van der Waals surface area contributed by atoms with E-state index in [1.165, 1.54) is 0 Å². The zero-order valence-electron chi connectivity index (χ0n) is 16.4. The predicted octanol–water partition coefficient (Wildman–Crippen LogP) is 3.99. The average Bonchev–Trinajstić information content (AvgIpc) is 2.74. The molecule has 1 heterocycles. The number of carbonyl (C=O) groups is 2. The number of nitrogens with zero attached hydrogens (tertiary/aromatic N) is 1. The SMILES string of the molecule is C[C@@](CC(=O)O)(NC(=O)Nc1ccc(C#Cc2ccccc2)cn1)c1ccccc1. The van der Waals surface area contributed by atoms with Gasteiger partial charge in [-0.05, 0) is 36.8 Å². The molecule has 0 radical (unpaired) electrons. The van der Waals surface area contributed by atoms with Crippen molar-refractivity contribution in [2.24, 2.45) is 0 Å². The lowest BCUT2D eigenvalue weighted by Crippen LogP contribution is -2.47. The Balaban J connectivity index is 1.67. The fourth-order valence-electron chi connectivity index (χ4n) is 2.93. The summed E-state index contributed by atoms with van der Waals surface area (Å²) in [7, 11) is 0. The van der Waals surface area contributed by atoms with E-state index in [0.717, 1.165) is 5.56 Å². The number of nitrogens with one attached hydrogen (secondary N) is 2. The van der Waals surface area contributed by atoms with E-state index in [1.54, 1.807) is 49.5 Å². The minimum absolute atomic E-state index is 0.258. The van der Waals surface area contributed by atoms with Crippen LogP contribution in [0.4, 0.5) is 10.6 Å². The summed E-state index contributed by atoms with van der Waals surface area (Å²) in [4.78, 5) is 28.0. The van der Waals surface area contributed by atoms with Gasteiger partial charge in [-0.1, -0.05) is 60.4 Å². The summed E-state index contributed by atoms with van der Waals surface area (Å²) in [5, 5.41) is 14.7. The molecule has 150 valence electrons. The molecule has 0 bridgehead atoms. The summed E-state index contributed by atoms with van der Waals surface area (Å²) in [6, 6.07) is 21.4. The average molecular weight is 399 g/mol. The summed E-state index contributed by atoms with van der Waals surface area (Å²) in [6.07, 6.45) is 1.31. The number of amides is 2. The van der Waals surface area contributed by atoms with Gasteiger partial charge in [0.1, 0.15) is 5.82 Å². The van der Waals surface area contributed by atoms with Gasteiger partial charge in [0.05, 0.1) is 12.0 Å². The summed E-state index contributed by atoms with van der Waals surface area (Å²) in [6.45, 7) is 1.67. The number of rotatable bonds is 5. The number of carboxylic acids is 1. The molecule has 3 rings (SSSR count). The van der Waals surface area contributed by atoms with Crippen LogP contribution in [0.25, 0.3) is 0 Å². The monoisotopic (exact) mass is 399 g/mol. The van der Waals surface area contributed by atoms with Gasteiger partial charge in [-0.3, -0.25) is 10.1 Å². The number of carbonyl (C=O) groups excluding carboxylic acids is 1. The molecule has 3 aromatic rings. The Hall–Kier alpha value is -4.11. The zero-order chi connectivity index (χ0) is 21.4. The zero-order valence-corrected chi connectivity index (χ0v) is 16.4. The van der Waals surface area contributed by atoms with Gasteiger partial charge in [0, 0.05) is 17.3 Å². The van der Waals surface area contributed by atoms with Gasteiger partial charge in [0.15, 0.2) is 0 Å². The maximum atomic E-state index is 12.5. The molecule has 6 nitrogen and oxygen atoms in total. The number of urea groups is 1. The van der Waals surface area contributed by atoms with E-state index in [1.807, 2.05) is 36.4 Å². The smallest absolute Gasteiger partial charge is 0.321 e. The van der Waals surface area contributed by atoms with Gasteiger partial charge in [-0.2, -0.15) is 0 Å². The fraction of sp³-hybridized carbons (Fsp3) is 0.125. The van der Waals surface area contributed by atoms with Crippen molar-refractivity contribution in [3.05, 3.63) is 95.7 Å². The second kappa shape index (κ2) is 9.39. The number of aliphatic carboxylic acids is 1. The van der Waals surface area contributed by atoms with Crippen molar-refractivity contribution in [3.8, 4) is 11.8 Å². The van der Waals surface area contributed by atoms with E-state index >= 15 is 0 Å². The lowest BCUT2D eigenvalue weighted by atomic mass is 9.89. The van der Waals surface area contributed by atoms with Crippen LogP contribution in [0, 0.1) is 11.8 Å². The maximum absolute atomic E-state index is 12.5. The van der Waals surface area contributed by atoms with Crippen LogP contribution in [0.1, 0.15) is 30.0 Å². The Labute approximate surface area is 175 Å². The van der Waals surface area contributed by atoms with E-state index < -0.39 is 17.5 Å². The van der Waals surface area contributed by atoms with Gasteiger partial charge in [0.2, 0.25) is 0 Å². The number of benzene rings is 2. The number of hydrogen-bond donors (Lipinski definition) is 3. The van der Waals surface area contributed by atoms with Crippen molar-refractivity contribution >= 4 is 17.8 Å². The van der Waals surface area contributed by atoms with E-state index in [4.69, 9.17) is 0 Å². The molecule has 1 atom stereocenters. The molecule has 0 saturated carbocycles. The lowest BCUT2D eigenvalue weighted by molar-refractivity contribution is -0.138. The summed E-state index contributed by atoms with van der Waals surface area (Å²) in [5.74, 6) is 5.38. The number of hydrogen-bond acceptors (Lipinski definition) is 3. The Morgan fingerprint density at radius 3 is 2.17 bits per heavy atom. The van der Waals surface area contributed by atoms with Crippen molar-refractivity contribution in [2.75, 3.05) is 5.32 Å². The normalized spacial score (nSPS) is 12.0. The van der Waals surface area contributed by atoms with Crippen molar-refractivity contribution in [1.29, 1.82) is 0 Å². The number of carboxylic acid groups (broad SMARTS) is 1. The van der Waals surface area contributed by atoms with Crippen LogP contribution in [0.5, 0.6) is 0 Å². The summed E-state index contributed by atoms with van der Waals surface area (Å²) in [5.41, 5.74) is 1.24. The first-order chi connectivity index (χ1) is 14.4. The topological polar surface area (TPSA) is 91.3 Å². The fourth-order valence-corrected chi connectivity index (χ4v) is 2.93. The highest BCUT2D eigenvalue weighted by molar-refractivity contribution is 5.89. The Bertz CT molecular complexity index is 1070. The molecule has 30 heavy (non-hydrogen) atoms. The summed E-state index contributed by atoms with van der Waals surface area (Å²) >= 11 is 0. The van der Waals surface area contributed by atoms with Crippen LogP contribution in [0.15, 0.2) is 79.0 Å². The number of anilines is 1. The molecule has 0 saturated heterocycles. The molecule has 3 N–H and O–H groups in total. The molecule has 6 heteroatoms. The lowest BCUT2D eigenvalue weighted by Gasteiger charge is -2.30. The molecule has 0 unspecified atom stereocenters. The summed E-state index contributed by atoms with van der Waals surface area (Å²) < 4.78 is 0. The molecule has 2 aromatic carbocycles. The van der Waals surface area contributed by atoms with Crippen molar-refractivity contribution in [2.45, 2.75) is 18.9 Å². The predicted molar refractivity (Wildman–Crippen MR) is 115 cm³/mol. The first kappa shape index (κ1) is 20.6. The molecule has 0 aliphatic rings. The second-order valence-corrected chi connectivity index (χ2v) is 6.90. The van der Waals surface area contributed by atoms with E-state index in [-0.39, 0.29) is 6.42 Å². The van der Waals surface area contributed by atoms with Crippen LogP contribution < -0.4 is 10.6 Å². The van der Waals surface area contributed by atoms with Crippen LogP contribution in [0.2, 0.25) is 0 Å². The first-order valence-corrected chi connectivity index (χ1v) is 9.34. The molecular formula is C24H21N3O3. The quantitative estimate of drug-likeness (QED) is 0.566. The van der Waals surface area contributed by atoms with E-state index in [9.17, 15) is 14.7 Å². The van der Waals surface area contributed by atoms with Crippen LogP contribution in [-0.4, -0.2) is 22.1 Å². The standard InChI is InChI=1S/C24H21N3O3/c1-24(16-22(28)29,20-10-6-3-7-11-20)27-23(30)26-21-15-14-19(17-25-21)13-12-18-8-4-2-5-9-18/h2-11,14-15,17H,16H2,1H3,(H,28,29)(H2,25,26,27,30)/t24-/m0/s1.